The largest absolute Gasteiger partial charge is 0.495 e. The van der Waals surface area contributed by atoms with Gasteiger partial charge in [0.2, 0.25) is 0 Å². The van der Waals surface area contributed by atoms with Crippen molar-refractivity contribution in [2.24, 2.45) is 0 Å². The fraction of sp³-hybridized carbons (Fsp3) is 0.200. The second-order valence-corrected chi connectivity index (χ2v) is 5.07. The number of methoxy groups -OCH3 is 1. The highest BCUT2D eigenvalue weighted by molar-refractivity contribution is 9.10. The Morgan fingerprint density at radius 1 is 1.06 bits per heavy atom. The molecule has 0 aliphatic rings. The van der Waals surface area contributed by atoms with Crippen molar-refractivity contribution in [2.45, 2.75) is 6.54 Å². The molecule has 0 N–H and O–H groups in total. The van der Waals surface area contributed by atoms with Gasteiger partial charge in [-0.15, -0.1) is 0 Å². The van der Waals surface area contributed by atoms with Crippen LogP contribution in [0.1, 0.15) is 5.56 Å². The standard InChI is InChI=1S/C15H16BrNO/c1-17(11-12-7-9-13(16)10-8-12)14-5-3-4-6-15(14)18-2/h3-10H,11H2,1-2H3. The van der Waals surface area contributed by atoms with Crippen molar-refractivity contribution in [2.75, 3.05) is 19.1 Å². The maximum absolute atomic E-state index is 5.37. The van der Waals surface area contributed by atoms with Gasteiger partial charge in [0.25, 0.3) is 0 Å². The van der Waals surface area contributed by atoms with E-state index in [1.165, 1.54) is 5.56 Å². The van der Waals surface area contributed by atoms with E-state index < -0.39 is 0 Å². The molecule has 0 saturated heterocycles. The molecule has 0 radical (unpaired) electrons. The van der Waals surface area contributed by atoms with E-state index in [2.05, 4.69) is 58.2 Å². The molecule has 0 atom stereocenters. The SMILES string of the molecule is COc1ccccc1N(C)Cc1ccc(Br)cc1. The van der Waals surface area contributed by atoms with E-state index in [1.807, 2.05) is 18.2 Å². The first-order valence-electron chi connectivity index (χ1n) is 5.79. The zero-order valence-corrected chi connectivity index (χ0v) is 12.1. The molecule has 0 heterocycles. The van der Waals surface area contributed by atoms with Gasteiger partial charge in [-0.2, -0.15) is 0 Å². The number of ether oxygens (including phenoxy) is 1. The summed E-state index contributed by atoms with van der Waals surface area (Å²) in [6.45, 7) is 0.855. The van der Waals surface area contributed by atoms with Crippen LogP contribution in [0.25, 0.3) is 0 Å². The molecule has 0 amide bonds. The minimum Gasteiger partial charge on any atom is -0.495 e. The van der Waals surface area contributed by atoms with Gasteiger partial charge in [-0.05, 0) is 29.8 Å². The summed E-state index contributed by atoms with van der Waals surface area (Å²) >= 11 is 3.45. The van der Waals surface area contributed by atoms with Crippen LogP contribution in [-0.4, -0.2) is 14.2 Å². The molecule has 2 nitrogen and oxygen atoms in total. The number of halogens is 1. The number of benzene rings is 2. The van der Waals surface area contributed by atoms with Crippen molar-refractivity contribution >= 4 is 21.6 Å². The Morgan fingerprint density at radius 2 is 1.72 bits per heavy atom. The average Bonchev–Trinajstić information content (AvgIpc) is 2.41. The van der Waals surface area contributed by atoms with Crippen molar-refractivity contribution in [3.8, 4) is 5.75 Å². The molecule has 2 aromatic rings. The molecule has 0 aliphatic heterocycles. The van der Waals surface area contributed by atoms with Gasteiger partial charge in [0.1, 0.15) is 5.75 Å². The highest BCUT2D eigenvalue weighted by atomic mass is 79.9. The van der Waals surface area contributed by atoms with E-state index >= 15 is 0 Å². The molecule has 0 unspecified atom stereocenters. The van der Waals surface area contributed by atoms with Crippen LogP contribution in [0.15, 0.2) is 53.0 Å². The zero-order chi connectivity index (χ0) is 13.0. The molecule has 0 aromatic heterocycles. The predicted octanol–water partition coefficient (Wildman–Crippen LogP) is 4.09. The van der Waals surface area contributed by atoms with Crippen LogP contribution in [0.3, 0.4) is 0 Å². The molecule has 0 fully saturated rings. The first-order chi connectivity index (χ1) is 8.70. The number of nitrogens with zero attached hydrogens (tertiary/aromatic N) is 1. The van der Waals surface area contributed by atoms with Crippen LogP contribution in [0.4, 0.5) is 5.69 Å². The fourth-order valence-electron chi connectivity index (χ4n) is 1.89. The molecule has 0 bridgehead atoms. The number of para-hydroxylation sites is 2. The lowest BCUT2D eigenvalue weighted by atomic mass is 10.2. The Bertz CT molecular complexity index is 510. The van der Waals surface area contributed by atoms with Crippen LogP contribution in [0.5, 0.6) is 5.75 Å². The van der Waals surface area contributed by atoms with Gasteiger partial charge in [0.05, 0.1) is 12.8 Å². The number of rotatable bonds is 4. The number of hydrogen-bond donors (Lipinski definition) is 0. The quantitative estimate of drug-likeness (QED) is 0.843. The first kappa shape index (κ1) is 13.0. The van der Waals surface area contributed by atoms with E-state index in [9.17, 15) is 0 Å². The first-order valence-corrected chi connectivity index (χ1v) is 6.58. The summed E-state index contributed by atoms with van der Waals surface area (Å²) in [5.74, 6) is 0.900. The molecule has 0 aliphatic carbocycles. The lowest BCUT2D eigenvalue weighted by Crippen LogP contribution is -2.17. The van der Waals surface area contributed by atoms with Crippen molar-refractivity contribution in [3.63, 3.8) is 0 Å². The van der Waals surface area contributed by atoms with Gasteiger partial charge in [-0.1, -0.05) is 40.2 Å². The Morgan fingerprint density at radius 3 is 2.39 bits per heavy atom. The molecule has 0 spiro atoms. The molecule has 18 heavy (non-hydrogen) atoms. The number of anilines is 1. The Hall–Kier alpha value is -1.48. The fourth-order valence-corrected chi connectivity index (χ4v) is 2.16. The number of hydrogen-bond acceptors (Lipinski definition) is 2. The molecule has 3 heteroatoms. The lowest BCUT2D eigenvalue weighted by Gasteiger charge is -2.21. The summed E-state index contributed by atoms with van der Waals surface area (Å²) in [5.41, 5.74) is 2.37. The second kappa shape index (κ2) is 5.91. The van der Waals surface area contributed by atoms with Crippen LogP contribution < -0.4 is 9.64 Å². The van der Waals surface area contributed by atoms with Crippen LogP contribution in [0.2, 0.25) is 0 Å². The predicted molar refractivity (Wildman–Crippen MR) is 79.2 cm³/mol. The van der Waals surface area contributed by atoms with Crippen LogP contribution in [0, 0.1) is 0 Å². The molecule has 94 valence electrons. The molecular weight excluding hydrogens is 290 g/mol. The second-order valence-electron chi connectivity index (χ2n) is 4.15. The van der Waals surface area contributed by atoms with Crippen molar-refractivity contribution in [3.05, 3.63) is 58.6 Å². The van der Waals surface area contributed by atoms with Crippen molar-refractivity contribution in [1.82, 2.24) is 0 Å². The van der Waals surface area contributed by atoms with E-state index in [-0.39, 0.29) is 0 Å². The Kier molecular flexibility index (Phi) is 4.26. The van der Waals surface area contributed by atoms with Gasteiger partial charge in [0, 0.05) is 18.1 Å². The van der Waals surface area contributed by atoms with Gasteiger partial charge in [0.15, 0.2) is 0 Å². The van der Waals surface area contributed by atoms with E-state index in [4.69, 9.17) is 4.74 Å². The van der Waals surface area contributed by atoms with E-state index in [0.29, 0.717) is 0 Å². The lowest BCUT2D eigenvalue weighted by molar-refractivity contribution is 0.415. The highest BCUT2D eigenvalue weighted by Crippen LogP contribution is 2.27. The average molecular weight is 306 g/mol. The van der Waals surface area contributed by atoms with E-state index in [1.54, 1.807) is 7.11 Å². The summed E-state index contributed by atoms with van der Waals surface area (Å²) in [7, 11) is 3.77. The molecule has 0 saturated carbocycles. The molecule has 2 aromatic carbocycles. The monoisotopic (exact) mass is 305 g/mol. The van der Waals surface area contributed by atoms with Gasteiger partial charge < -0.3 is 9.64 Å². The Balaban J connectivity index is 2.16. The topological polar surface area (TPSA) is 12.5 Å². The van der Waals surface area contributed by atoms with Gasteiger partial charge >= 0.3 is 0 Å². The van der Waals surface area contributed by atoms with Gasteiger partial charge in [-0.3, -0.25) is 0 Å². The smallest absolute Gasteiger partial charge is 0.142 e. The highest BCUT2D eigenvalue weighted by Gasteiger charge is 2.07. The Labute approximate surface area is 116 Å². The van der Waals surface area contributed by atoms with Crippen LogP contribution in [-0.2, 0) is 6.54 Å². The summed E-state index contributed by atoms with van der Waals surface area (Å²) in [6.07, 6.45) is 0. The molecule has 2 rings (SSSR count). The van der Waals surface area contributed by atoms with Crippen LogP contribution >= 0.6 is 15.9 Å². The van der Waals surface area contributed by atoms with Crippen molar-refractivity contribution in [1.29, 1.82) is 0 Å². The summed E-state index contributed by atoms with van der Waals surface area (Å²) < 4.78 is 6.48. The molecular formula is C15H16BrNO. The minimum absolute atomic E-state index is 0.855. The normalized spacial score (nSPS) is 10.2. The third-order valence-corrected chi connectivity index (χ3v) is 3.36. The van der Waals surface area contributed by atoms with E-state index in [0.717, 1.165) is 22.5 Å². The summed E-state index contributed by atoms with van der Waals surface area (Å²) in [5, 5.41) is 0. The third-order valence-electron chi connectivity index (χ3n) is 2.83. The summed E-state index contributed by atoms with van der Waals surface area (Å²) in [6, 6.07) is 16.4. The summed E-state index contributed by atoms with van der Waals surface area (Å²) in [4.78, 5) is 2.18. The maximum atomic E-state index is 5.37. The zero-order valence-electron chi connectivity index (χ0n) is 10.6. The van der Waals surface area contributed by atoms with Gasteiger partial charge in [-0.25, -0.2) is 0 Å². The minimum atomic E-state index is 0.855. The maximum Gasteiger partial charge on any atom is 0.142 e. The third kappa shape index (κ3) is 3.05. The van der Waals surface area contributed by atoms with Crippen molar-refractivity contribution < 1.29 is 4.74 Å².